The summed E-state index contributed by atoms with van der Waals surface area (Å²) in [6.07, 6.45) is 1.47. The molecule has 2 rings (SSSR count). The van der Waals surface area contributed by atoms with Crippen molar-refractivity contribution in [2.75, 3.05) is 0 Å². The summed E-state index contributed by atoms with van der Waals surface area (Å²) in [7, 11) is 0. The average molecular weight is 219 g/mol. The minimum atomic E-state index is -1.04. The van der Waals surface area contributed by atoms with Crippen LogP contribution in [-0.4, -0.2) is 10.8 Å². The largest absolute Gasteiger partial charge is 0.287 e. The molecule has 0 unspecified atom stereocenters. The van der Waals surface area contributed by atoms with Gasteiger partial charge in [-0.25, -0.2) is 8.78 Å². The molecule has 0 aliphatic carbocycles. The van der Waals surface area contributed by atoms with E-state index in [1.54, 1.807) is 12.1 Å². The second kappa shape index (κ2) is 4.18. The first-order valence-electron chi connectivity index (χ1n) is 4.59. The van der Waals surface area contributed by atoms with Gasteiger partial charge in [-0.1, -0.05) is 6.07 Å². The molecular formula is C12H7F2NO. The van der Waals surface area contributed by atoms with Gasteiger partial charge in [0.2, 0.25) is 5.78 Å². The Labute approximate surface area is 90.6 Å². The fourth-order valence-corrected chi connectivity index (χ4v) is 1.28. The Hall–Kier alpha value is -2.10. The van der Waals surface area contributed by atoms with E-state index < -0.39 is 17.4 Å². The average Bonchev–Trinajstić information content (AvgIpc) is 2.33. The molecule has 0 N–H and O–H groups in total. The molecule has 4 heteroatoms. The van der Waals surface area contributed by atoms with Crippen LogP contribution in [-0.2, 0) is 0 Å². The van der Waals surface area contributed by atoms with Crippen molar-refractivity contribution in [1.82, 2.24) is 4.98 Å². The zero-order valence-corrected chi connectivity index (χ0v) is 8.15. The van der Waals surface area contributed by atoms with Gasteiger partial charge in [0.05, 0.1) is 0 Å². The number of halogens is 2. The van der Waals surface area contributed by atoms with Crippen molar-refractivity contribution >= 4 is 5.78 Å². The Morgan fingerprint density at radius 3 is 2.50 bits per heavy atom. The van der Waals surface area contributed by atoms with Crippen LogP contribution in [0.5, 0.6) is 0 Å². The van der Waals surface area contributed by atoms with E-state index in [-0.39, 0.29) is 11.3 Å². The Morgan fingerprint density at radius 2 is 1.88 bits per heavy atom. The van der Waals surface area contributed by atoms with Crippen LogP contribution in [0, 0.1) is 11.6 Å². The number of hydrogen-bond donors (Lipinski definition) is 0. The number of carbonyl (C=O) groups is 1. The van der Waals surface area contributed by atoms with Crippen molar-refractivity contribution in [2.24, 2.45) is 0 Å². The summed E-state index contributed by atoms with van der Waals surface area (Å²) in [5, 5.41) is 0. The zero-order chi connectivity index (χ0) is 11.5. The fraction of sp³-hybridized carbons (Fsp3) is 0. The van der Waals surface area contributed by atoms with Gasteiger partial charge in [0.15, 0.2) is 11.6 Å². The molecule has 2 nitrogen and oxygen atoms in total. The molecule has 0 amide bonds. The first kappa shape index (κ1) is 10.4. The van der Waals surface area contributed by atoms with E-state index in [9.17, 15) is 13.6 Å². The van der Waals surface area contributed by atoms with E-state index in [0.29, 0.717) is 0 Å². The Morgan fingerprint density at radius 1 is 1.06 bits per heavy atom. The second-order valence-corrected chi connectivity index (χ2v) is 3.17. The van der Waals surface area contributed by atoms with Crippen LogP contribution in [0.15, 0.2) is 42.6 Å². The molecule has 1 heterocycles. The van der Waals surface area contributed by atoms with E-state index >= 15 is 0 Å². The lowest BCUT2D eigenvalue weighted by Gasteiger charge is -2.00. The number of aromatic nitrogens is 1. The molecule has 0 atom stereocenters. The maximum atomic E-state index is 12.9. The Kier molecular flexibility index (Phi) is 2.72. The number of benzene rings is 1. The summed E-state index contributed by atoms with van der Waals surface area (Å²) in [6.45, 7) is 0. The number of nitrogens with zero attached hydrogens (tertiary/aromatic N) is 1. The summed E-state index contributed by atoms with van der Waals surface area (Å²) < 4.78 is 25.6. The van der Waals surface area contributed by atoms with Crippen molar-refractivity contribution in [3.8, 4) is 0 Å². The van der Waals surface area contributed by atoms with Crippen LogP contribution in [0.4, 0.5) is 8.78 Å². The topological polar surface area (TPSA) is 30.0 Å². The van der Waals surface area contributed by atoms with E-state index in [1.165, 1.54) is 18.3 Å². The highest BCUT2D eigenvalue weighted by Gasteiger charge is 2.12. The molecule has 0 saturated heterocycles. The third-order valence-corrected chi connectivity index (χ3v) is 2.08. The first-order valence-corrected chi connectivity index (χ1v) is 4.59. The molecule has 0 aliphatic rings. The Bertz CT molecular complexity index is 526. The van der Waals surface area contributed by atoms with Gasteiger partial charge in [-0.2, -0.15) is 0 Å². The van der Waals surface area contributed by atoms with Crippen LogP contribution in [0.25, 0.3) is 0 Å². The molecule has 16 heavy (non-hydrogen) atoms. The smallest absolute Gasteiger partial charge is 0.211 e. The third kappa shape index (κ3) is 1.95. The van der Waals surface area contributed by atoms with Crippen LogP contribution in [0.1, 0.15) is 16.1 Å². The molecule has 1 aromatic heterocycles. The molecule has 80 valence electrons. The molecule has 0 saturated carbocycles. The maximum absolute atomic E-state index is 12.9. The van der Waals surface area contributed by atoms with Gasteiger partial charge in [-0.3, -0.25) is 9.78 Å². The minimum Gasteiger partial charge on any atom is -0.287 e. The molecular weight excluding hydrogens is 212 g/mol. The number of hydrogen-bond acceptors (Lipinski definition) is 2. The van der Waals surface area contributed by atoms with Crippen molar-refractivity contribution < 1.29 is 13.6 Å². The van der Waals surface area contributed by atoms with E-state index in [0.717, 1.165) is 12.1 Å². The normalized spacial score (nSPS) is 10.1. The summed E-state index contributed by atoms with van der Waals surface area (Å²) in [5.41, 5.74) is 0.283. The van der Waals surface area contributed by atoms with Gasteiger partial charge < -0.3 is 0 Å². The van der Waals surface area contributed by atoms with Crippen molar-refractivity contribution in [3.05, 3.63) is 65.5 Å². The first-order chi connectivity index (χ1) is 7.68. The van der Waals surface area contributed by atoms with Gasteiger partial charge >= 0.3 is 0 Å². The molecule has 1 aromatic carbocycles. The summed E-state index contributed by atoms with van der Waals surface area (Å²) in [6, 6.07) is 7.86. The second-order valence-electron chi connectivity index (χ2n) is 3.17. The quantitative estimate of drug-likeness (QED) is 0.726. The van der Waals surface area contributed by atoms with Crippen molar-refractivity contribution in [2.45, 2.75) is 0 Å². The molecule has 0 bridgehead atoms. The predicted molar refractivity (Wildman–Crippen MR) is 54.0 cm³/mol. The summed E-state index contributed by atoms with van der Waals surface area (Å²) in [4.78, 5) is 15.6. The van der Waals surface area contributed by atoms with Gasteiger partial charge in [0.1, 0.15) is 5.69 Å². The third-order valence-electron chi connectivity index (χ3n) is 2.08. The van der Waals surface area contributed by atoms with Crippen LogP contribution in [0.3, 0.4) is 0 Å². The molecule has 0 spiro atoms. The number of ketones is 1. The van der Waals surface area contributed by atoms with E-state index in [4.69, 9.17) is 0 Å². The van der Waals surface area contributed by atoms with Crippen LogP contribution >= 0.6 is 0 Å². The summed E-state index contributed by atoms with van der Waals surface area (Å²) in [5.74, 6) is -2.45. The lowest BCUT2D eigenvalue weighted by molar-refractivity contribution is 0.103. The van der Waals surface area contributed by atoms with E-state index in [1.807, 2.05) is 0 Å². The van der Waals surface area contributed by atoms with Crippen LogP contribution in [0.2, 0.25) is 0 Å². The minimum absolute atomic E-state index is 0.0811. The van der Waals surface area contributed by atoms with Gasteiger partial charge in [-0.05, 0) is 30.3 Å². The van der Waals surface area contributed by atoms with Gasteiger partial charge in [0.25, 0.3) is 0 Å². The van der Waals surface area contributed by atoms with Crippen LogP contribution < -0.4 is 0 Å². The van der Waals surface area contributed by atoms with Gasteiger partial charge in [-0.15, -0.1) is 0 Å². The van der Waals surface area contributed by atoms with Crippen molar-refractivity contribution in [3.63, 3.8) is 0 Å². The van der Waals surface area contributed by atoms with Gasteiger partial charge in [0, 0.05) is 11.8 Å². The number of carbonyl (C=O) groups excluding carboxylic acids is 1. The van der Waals surface area contributed by atoms with E-state index in [2.05, 4.69) is 4.98 Å². The number of rotatable bonds is 2. The highest BCUT2D eigenvalue weighted by atomic mass is 19.2. The molecule has 2 aromatic rings. The molecule has 0 radical (unpaired) electrons. The molecule has 0 aliphatic heterocycles. The predicted octanol–water partition coefficient (Wildman–Crippen LogP) is 2.59. The monoisotopic (exact) mass is 219 g/mol. The lowest BCUT2D eigenvalue weighted by atomic mass is 10.1. The highest BCUT2D eigenvalue weighted by molar-refractivity contribution is 6.07. The SMILES string of the molecule is O=C(c1ccc(F)c(F)c1)c1ccccn1. The highest BCUT2D eigenvalue weighted by Crippen LogP contribution is 2.12. The fourth-order valence-electron chi connectivity index (χ4n) is 1.28. The number of pyridine rings is 1. The maximum Gasteiger partial charge on any atom is 0.211 e. The molecule has 0 fully saturated rings. The standard InChI is InChI=1S/C12H7F2NO/c13-9-5-4-8(7-10(9)14)12(16)11-3-1-2-6-15-11/h1-7H. The zero-order valence-electron chi connectivity index (χ0n) is 8.15. The lowest BCUT2D eigenvalue weighted by Crippen LogP contribution is -2.04. The Balaban J connectivity index is 2.39. The van der Waals surface area contributed by atoms with Crippen molar-refractivity contribution in [1.29, 1.82) is 0 Å². The summed E-state index contributed by atoms with van der Waals surface area (Å²) >= 11 is 0.